The third-order valence-electron chi connectivity index (χ3n) is 4.01. The Morgan fingerprint density at radius 1 is 1.38 bits per heavy atom. The zero-order valence-electron chi connectivity index (χ0n) is 12.2. The predicted molar refractivity (Wildman–Crippen MR) is 80.5 cm³/mol. The second-order valence-electron chi connectivity index (χ2n) is 5.44. The van der Waals surface area contributed by atoms with Crippen molar-refractivity contribution in [1.82, 2.24) is 4.31 Å². The van der Waals surface area contributed by atoms with Gasteiger partial charge in [-0.15, -0.1) is 0 Å². The summed E-state index contributed by atoms with van der Waals surface area (Å²) in [4.78, 5) is 10.5. The van der Waals surface area contributed by atoms with E-state index in [9.17, 15) is 13.2 Å². The van der Waals surface area contributed by atoms with Gasteiger partial charge in [-0.2, -0.15) is 4.31 Å². The summed E-state index contributed by atoms with van der Waals surface area (Å²) in [6.45, 7) is 0. The highest BCUT2D eigenvalue weighted by Gasteiger charge is 2.30. The van der Waals surface area contributed by atoms with Crippen LogP contribution < -0.4 is 0 Å². The van der Waals surface area contributed by atoms with Crippen LogP contribution in [0.4, 0.5) is 0 Å². The predicted octanol–water partition coefficient (Wildman–Crippen LogP) is 2.19. The molecule has 0 aliphatic heterocycles. The molecule has 0 aromatic heterocycles. The molecule has 1 unspecified atom stereocenters. The summed E-state index contributed by atoms with van der Waals surface area (Å²) in [6, 6.07) is 7.81. The van der Waals surface area contributed by atoms with Crippen molar-refractivity contribution in [2.45, 2.75) is 38.1 Å². The Balaban J connectivity index is 2.13. The van der Waals surface area contributed by atoms with Crippen molar-refractivity contribution in [1.29, 1.82) is 0 Å². The summed E-state index contributed by atoms with van der Waals surface area (Å²) in [5.74, 6) is -1.08. The maximum absolute atomic E-state index is 12.4. The largest absolute Gasteiger partial charge is 0.481 e. The summed E-state index contributed by atoms with van der Waals surface area (Å²) < 4.78 is 26.1. The molecule has 1 atom stereocenters. The Hall–Kier alpha value is -1.40. The number of nitrogens with zero attached hydrogens (tertiary/aromatic N) is 1. The summed E-state index contributed by atoms with van der Waals surface area (Å²) >= 11 is 0. The molecule has 5 nitrogen and oxygen atoms in total. The van der Waals surface area contributed by atoms with Crippen LogP contribution in [0.15, 0.2) is 24.3 Å². The highest BCUT2D eigenvalue weighted by molar-refractivity contribution is 7.89. The molecule has 0 spiro atoms. The number of aliphatic carboxylic acids is 1. The Bertz CT molecular complexity index is 612. The Morgan fingerprint density at radius 2 is 2.10 bits per heavy atom. The van der Waals surface area contributed by atoms with E-state index in [4.69, 9.17) is 5.11 Å². The second-order valence-corrected chi connectivity index (χ2v) is 7.58. The van der Waals surface area contributed by atoms with Gasteiger partial charge in [-0.05, 0) is 36.8 Å². The van der Waals surface area contributed by atoms with Gasteiger partial charge in [0.15, 0.2) is 0 Å². The fourth-order valence-corrected chi connectivity index (χ4v) is 4.25. The quantitative estimate of drug-likeness (QED) is 0.874. The monoisotopic (exact) mass is 311 g/mol. The van der Waals surface area contributed by atoms with Crippen molar-refractivity contribution in [2.75, 3.05) is 12.8 Å². The van der Waals surface area contributed by atoms with Crippen LogP contribution in [0.1, 0.15) is 42.9 Å². The van der Waals surface area contributed by atoms with Gasteiger partial charge < -0.3 is 5.11 Å². The molecule has 116 valence electrons. The van der Waals surface area contributed by atoms with Gasteiger partial charge in [0, 0.05) is 19.5 Å². The third-order valence-corrected chi connectivity index (χ3v) is 5.94. The maximum Gasteiger partial charge on any atom is 0.303 e. The van der Waals surface area contributed by atoms with Crippen LogP contribution in [0, 0.1) is 0 Å². The lowest BCUT2D eigenvalue weighted by atomic mass is 9.88. The molecule has 0 heterocycles. The average molecular weight is 311 g/mol. The number of hydrogen-bond acceptors (Lipinski definition) is 3. The topological polar surface area (TPSA) is 74.7 Å². The van der Waals surface area contributed by atoms with Crippen LogP contribution in [-0.4, -0.2) is 36.6 Å². The number of carboxylic acid groups (broad SMARTS) is 1. The van der Waals surface area contributed by atoms with E-state index in [2.05, 4.69) is 0 Å². The Labute approximate surface area is 125 Å². The number of aryl methyl sites for hydroxylation is 1. The first kappa shape index (κ1) is 16.0. The van der Waals surface area contributed by atoms with Gasteiger partial charge in [0.05, 0.1) is 5.75 Å². The highest BCUT2D eigenvalue weighted by Crippen LogP contribution is 2.34. The van der Waals surface area contributed by atoms with E-state index >= 15 is 0 Å². The van der Waals surface area contributed by atoms with E-state index < -0.39 is 16.0 Å². The SMILES string of the molecule is CN(C1CCCc2ccccc21)S(=O)(=O)CCCC(=O)O. The molecule has 1 aliphatic carbocycles. The van der Waals surface area contributed by atoms with Crippen molar-refractivity contribution in [3.05, 3.63) is 35.4 Å². The summed E-state index contributed by atoms with van der Waals surface area (Å²) in [5.41, 5.74) is 2.29. The van der Waals surface area contributed by atoms with Crippen LogP contribution in [0.2, 0.25) is 0 Å². The number of hydrogen-bond donors (Lipinski definition) is 1. The summed E-state index contributed by atoms with van der Waals surface area (Å²) in [5, 5.41) is 8.62. The van der Waals surface area contributed by atoms with Gasteiger partial charge >= 0.3 is 5.97 Å². The van der Waals surface area contributed by atoms with Crippen LogP contribution in [0.3, 0.4) is 0 Å². The van der Waals surface area contributed by atoms with Crippen LogP contribution in [-0.2, 0) is 21.2 Å². The first-order valence-electron chi connectivity index (χ1n) is 7.17. The van der Waals surface area contributed by atoms with Crippen molar-refractivity contribution in [3.63, 3.8) is 0 Å². The summed E-state index contributed by atoms with van der Waals surface area (Å²) in [7, 11) is -1.83. The molecule has 0 fully saturated rings. The van der Waals surface area contributed by atoms with Gasteiger partial charge in [-0.25, -0.2) is 8.42 Å². The van der Waals surface area contributed by atoms with E-state index in [0.717, 1.165) is 24.8 Å². The first-order chi connectivity index (χ1) is 9.92. The minimum absolute atomic E-state index is 0.117. The zero-order chi connectivity index (χ0) is 15.5. The maximum atomic E-state index is 12.4. The van der Waals surface area contributed by atoms with Gasteiger partial charge in [0.2, 0.25) is 10.0 Å². The van der Waals surface area contributed by atoms with Crippen molar-refractivity contribution in [2.24, 2.45) is 0 Å². The van der Waals surface area contributed by atoms with E-state index in [1.807, 2.05) is 24.3 Å². The third kappa shape index (κ3) is 3.83. The lowest BCUT2D eigenvalue weighted by Gasteiger charge is -2.32. The normalized spacial score (nSPS) is 18.5. The molecule has 21 heavy (non-hydrogen) atoms. The van der Waals surface area contributed by atoms with Crippen molar-refractivity contribution in [3.8, 4) is 0 Å². The molecule has 6 heteroatoms. The number of carboxylic acids is 1. The van der Waals surface area contributed by atoms with Gasteiger partial charge in [-0.1, -0.05) is 24.3 Å². The molecule has 0 saturated heterocycles. The molecule has 2 rings (SSSR count). The van der Waals surface area contributed by atoms with E-state index in [0.29, 0.717) is 0 Å². The zero-order valence-corrected chi connectivity index (χ0v) is 13.0. The molecule has 1 aromatic rings. The molecule has 1 aliphatic rings. The van der Waals surface area contributed by atoms with Gasteiger partial charge in [0.25, 0.3) is 0 Å². The molecule has 0 radical (unpaired) electrons. The lowest BCUT2D eigenvalue weighted by molar-refractivity contribution is -0.137. The van der Waals surface area contributed by atoms with Crippen LogP contribution in [0.5, 0.6) is 0 Å². The van der Waals surface area contributed by atoms with Crippen LogP contribution in [0.25, 0.3) is 0 Å². The summed E-state index contributed by atoms with van der Waals surface area (Å²) in [6.07, 6.45) is 2.80. The molecule has 1 aromatic carbocycles. The number of sulfonamides is 1. The van der Waals surface area contributed by atoms with E-state index in [1.165, 1.54) is 9.87 Å². The first-order valence-corrected chi connectivity index (χ1v) is 8.78. The molecule has 0 amide bonds. The minimum atomic E-state index is -3.43. The number of fused-ring (bicyclic) bond motifs is 1. The Kier molecular flexibility index (Phi) is 5.00. The molecular formula is C15H21NO4S. The lowest BCUT2D eigenvalue weighted by Crippen LogP contribution is -2.35. The van der Waals surface area contributed by atoms with E-state index in [-0.39, 0.29) is 24.6 Å². The Morgan fingerprint density at radius 3 is 2.81 bits per heavy atom. The average Bonchev–Trinajstić information content (AvgIpc) is 2.45. The van der Waals surface area contributed by atoms with Gasteiger partial charge in [0.1, 0.15) is 0 Å². The standard InChI is InChI=1S/C15H21NO4S/c1-16(21(19,20)11-5-10-15(17)18)14-9-4-7-12-6-2-3-8-13(12)14/h2-3,6,8,14H,4-5,7,9-11H2,1H3,(H,17,18). The molecule has 1 N–H and O–H groups in total. The highest BCUT2D eigenvalue weighted by atomic mass is 32.2. The van der Waals surface area contributed by atoms with Crippen molar-refractivity contribution >= 4 is 16.0 Å². The number of rotatable bonds is 6. The smallest absolute Gasteiger partial charge is 0.303 e. The molecule has 0 saturated carbocycles. The fraction of sp³-hybridized carbons (Fsp3) is 0.533. The molecular weight excluding hydrogens is 290 g/mol. The minimum Gasteiger partial charge on any atom is -0.481 e. The number of benzene rings is 1. The van der Waals surface area contributed by atoms with Crippen molar-refractivity contribution < 1.29 is 18.3 Å². The molecule has 0 bridgehead atoms. The second kappa shape index (κ2) is 6.58. The fourth-order valence-electron chi connectivity index (χ4n) is 2.85. The number of carbonyl (C=O) groups is 1. The van der Waals surface area contributed by atoms with E-state index in [1.54, 1.807) is 7.05 Å². The van der Waals surface area contributed by atoms with Crippen LogP contribution >= 0.6 is 0 Å². The van der Waals surface area contributed by atoms with Gasteiger partial charge in [-0.3, -0.25) is 4.79 Å².